The summed E-state index contributed by atoms with van der Waals surface area (Å²) in [6.45, 7) is 8.44. The first-order valence-electron chi connectivity index (χ1n) is 8.10. The van der Waals surface area contributed by atoms with Crippen LogP contribution in [0, 0.1) is 25.2 Å². The van der Waals surface area contributed by atoms with E-state index < -0.39 is 0 Å². The Morgan fingerprint density at radius 1 is 1.33 bits per heavy atom. The first-order valence-corrected chi connectivity index (χ1v) is 8.10. The summed E-state index contributed by atoms with van der Waals surface area (Å²) >= 11 is 0. The molecule has 2 unspecified atom stereocenters. The van der Waals surface area contributed by atoms with Gasteiger partial charge in [0, 0.05) is 5.92 Å². The highest BCUT2D eigenvalue weighted by Gasteiger charge is 2.57. The minimum Gasteiger partial charge on any atom is -0.349 e. The fourth-order valence-electron chi connectivity index (χ4n) is 3.81. The van der Waals surface area contributed by atoms with Crippen LogP contribution in [0.5, 0.6) is 0 Å². The molecule has 1 aliphatic carbocycles. The van der Waals surface area contributed by atoms with Gasteiger partial charge in [0.05, 0.1) is 6.04 Å². The zero-order valence-corrected chi connectivity index (χ0v) is 13.3. The van der Waals surface area contributed by atoms with Crippen molar-refractivity contribution in [3.8, 4) is 0 Å². The van der Waals surface area contributed by atoms with Crippen LogP contribution in [-0.4, -0.2) is 19.0 Å². The highest BCUT2D eigenvalue weighted by atomic mass is 16.2. The molecule has 1 amide bonds. The van der Waals surface area contributed by atoms with Crippen LogP contribution in [0.2, 0.25) is 0 Å². The Labute approximate surface area is 127 Å². The molecule has 114 valence electrons. The van der Waals surface area contributed by atoms with Gasteiger partial charge in [-0.25, -0.2) is 0 Å². The fourth-order valence-corrected chi connectivity index (χ4v) is 3.81. The Morgan fingerprint density at radius 2 is 2.05 bits per heavy atom. The summed E-state index contributed by atoms with van der Waals surface area (Å²) in [6.07, 6.45) is 3.39. The van der Waals surface area contributed by atoms with Crippen molar-refractivity contribution in [1.29, 1.82) is 0 Å². The molecule has 1 aliphatic heterocycles. The maximum atomic E-state index is 12.5. The number of amides is 1. The maximum absolute atomic E-state index is 12.5. The number of hydrogen-bond donors (Lipinski definition) is 2. The Hall–Kier alpha value is -1.35. The van der Waals surface area contributed by atoms with Gasteiger partial charge in [0.2, 0.25) is 5.91 Å². The lowest BCUT2D eigenvalue weighted by Crippen LogP contribution is -2.34. The zero-order chi connectivity index (χ0) is 15.0. The van der Waals surface area contributed by atoms with Gasteiger partial charge < -0.3 is 10.6 Å². The summed E-state index contributed by atoms with van der Waals surface area (Å²) in [5.41, 5.74) is 4.05. The predicted octanol–water partition coefficient (Wildman–Crippen LogP) is 2.87. The lowest BCUT2D eigenvalue weighted by molar-refractivity contribution is -0.123. The molecule has 1 spiro atoms. The smallest absolute Gasteiger partial charge is 0.224 e. The van der Waals surface area contributed by atoms with E-state index in [1.165, 1.54) is 16.7 Å². The third kappa shape index (κ3) is 2.84. The molecule has 3 rings (SSSR count). The molecule has 1 saturated carbocycles. The van der Waals surface area contributed by atoms with Crippen LogP contribution in [0.4, 0.5) is 0 Å². The van der Waals surface area contributed by atoms with Crippen LogP contribution in [0.1, 0.15) is 48.9 Å². The molecular formula is C18H26N2O. The minimum absolute atomic E-state index is 0.0942. The van der Waals surface area contributed by atoms with Gasteiger partial charge in [-0.05, 0) is 69.7 Å². The SMILES string of the molecule is Cc1ccc(C)c(C(C)NC(=O)C2CC23CCNCC3)c1. The molecule has 2 atom stereocenters. The summed E-state index contributed by atoms with van der Waals surface area (Å²) in [6, 6.07) is 6.54. The summed E-state index contributed by atoms with van der Waals surface area (Å²) in [5.74, 6) is 0.498. The quantitative estimate of drug-likeness (QED) is 0.897. The van der Waals surface area contributed by atoms with Gasteiger partial charge in [0.15, 0.2) is 0 Å². The Morgan fingerprint density at radius 3 is 2.76 bits per heavy atom. The molecule has 0 radical (unpaired) electrons. The summed E-state index contributed by atoms with van der Waals surface area (Å²) < 4.78 is 0. The highest BCUT2D eigenvalue weighted by Crippen LogP contribution is 2.58. The van der Waals surface area contributed by atoms with Crippen LogP contribution in [0.25, 0.3) is 0 Å². The van der Waals surface area contributed by atoms with Gasteiger partial charge in [-0.3, -0.25) is 4.79 Å². The number of benzene rings is 1. The zero-order valence-electron chi connectivity index (χ0n) is 13.3. The number of rotatable bonds is 3. The lowest BCUT2D eigenvalue weighted by atomic mass is 9.91. The van der Waals surface area contributed by atoms with E-state index in [1.54, 1.807) is 0 Å². The maximum Gasteiger partial charge on any atom is 0.224 e. The molecule has 3 heteroatoms. The van der Waals surface area contributed by atoms with Gasteiger partial charge in [0.25, 0.3) is 0 Å². The predicted molar refractivity (Wildman–Crippen MR) is 85.1 cm³/mol. The van der Waals surface area contributed by atoms with Gasteiger partial charge in [-0.1, -0.05) is 23.8 Å². The Kier molecular flexibility index (Phi) is 3.78. The van der Waals surface area contributed by atoms with Crippen molar-refractivity contribution in [3.63, 3.8) is 0 Å². The topological polar surface area (TPSA) is 41.1 Å². The van der Waals surface area contributed by atoms with Crippen molar-refractivity contribution in [2.45, 2.75) is 46.1 Å². The number of carbonyl (C=O) groups excluding carboxylic acids is 1. The van der Waals surface area contributed by atoms with E-state index in [0.29, 0.717) is 5.41 Å². The first kappa shape index (κ1) is 14.6. The molecule has 1 aromatic rings. The van der Waals surface area contributed by atoms with Crippen LogP contribution >= 0.6 is 0 Å². The second-order valence-electron chi connectivity index (χ2n) is 6.96. The van der Waals surface area contributed by atoms with E-state index in [-0.39, 0.29) is 17.9 Å². The molecule has 0 aromatic heterocycles. The molecule has 1 saturated heterocycles. The van der Waals surface area contributed by atoms with Crippen LogP contribution in [0.3, 0.4) is 0 Å². The van der Waals surface area contributed by atoms with E-state index in [9.17, 15) is 4.79 Å². The molecule has 1 heterocycles. The lowest BCUT2D eigenvalue weighted by Gasteiger charge is -2.24. The number of piperidine rings is 1. The van der Waals surface area contributed by atoms with Gasteiger partial charge in [-0.2, -0.15) is 0 Å². The Balaban J connectivity index is 1.64. The molecule has 2 aliphatic rings. The summed E-state index contributed by atoms with van der Waals surface area (Å²) in [7, 11) is 0. The van der Waals surface area contributed by atoms with E-state index in [2.05, 4.69) is 49.6 Å². The molecule has 3 nitrogen and oxygen atoms in total. The van der Waals surface area contributed by atoms with Gasteiger partial charge in [-0.15, -0.1) is 0 Å². The molecule has 2 fully saturated rings. The van der Waals surface area contributed by atoms with Crippen molar-refractivity contribution in [1.82, 2.24) is 10.6 Å². The van der Waals surface area contributed by atoms with Crippen LogP contribution in [0.15, 0.2) is 18.2 Å². The van der Waals surface area contributed by atoms with Crippen LogP contribution in [-0.2, 0) is 4.79 Å². The average molecular weight is 286 g/mol. The van der Waals surface area contributed by atoms with E-state index >= 15 is 0 Å². The van der Waals surface area contributed by atoms with E-state index in [4.69, 9.17) is 0 Å². The average Bonchev–Trinajstić information content (AvgIpc) is 3.15. The van der Waals surface area contributed by atoms with E-state index in [0.717, 1.165) is 32.4 Å². The largest absolute Gasteiger partial charge is 0.349 e. The third-order valence-corrected chi connectivity index (χ3v) is 5.37. The monoisotopic (exact) mass is 286 g/mol. The van der Waals surface area contributed by atoms with Crippen molar-refractivity contribution in [3.05, 3.63) is 34.9 Å². The second-order valence-corrected chi connectivity index (χ2v) is 6.96. The number of nitrogens with one attached hydrogen (secondary N) is 2. The van der Waals surface area contributed by atoms with Crippen molar-refractivity contribution in [2.24, 2.45) is 11.3 Å². The minimum atomic E-state index is 0.0942. The standard InChI is InChI=1S/C18H26N2O/c1-12-4-5-13(2)15(10-12)14(3)20-17(21)16-11-18(16)6-8-19-9-7-18/h4-5,10,14,16,19H,6-9,11H2,1-3H3,(H,20,21). The van der Waals surface area contributed by atoms with Crippen molar-refractivity contribution in [2.75, 3.05) is 13.1 Å². The first-order chi connectivity index (χ1) is 10.0. The summed E-state index contributed by atoms with van der Waals surface area (Å²) in [4.78, 5) is 12.5. The van der Waals surface area contributed by atoms with Crippen molar-refractivity contribution >= 4 is 5.91 Å². The molecule has 2 N–H and O–H groups in total. The highest BCUT2D eigenvalue weighted by molar-refractivity contribution is 5.83. The molecule has 21 heavy (non-hydrogen) atoms. The summed E-state index contributed by atoms with van der Waals surface area (Å²) in [5, 5.41) is 6.63. The number of hydrogen-bond acceptors (Lipinski definition) is 2. The Bertz CT molecular complexity index is 546. The molecule has 1 aromatic carbocycles. The normalized spacial score (nSPS) is 24.6. The fraction of sp³-hybridized carbons (Fsp3) is 0.611. The molecular weight excluding hydrogens is 260 g/mol. The van der Waals surface area contributed by atoms with Gasteiger partial charge >= 0.3 is 0 Å². The third-order valence-electron chi connectivity index (χ3n) is 5.37. The molecule has 0 bridgehead atoms. The number of carbonyl (C=O) groups is 1. The van der Waals surface area contributed by atoms with E-state index in [1.807, 2.05) is 0 Å². The van der Waals surface area contributed by atoms with Gasteiger partial charge in [0.1, 0.15) is 0 Å². The van der Waals surface area contributed by atoms with Crippen molar-refractivity contribution < 1.29 is 4.79 Å². The number of aryl methyl sites for hydroxylation is 2. The second kappa shape index (κ2) is 5.45. The van der Waals surface area contributed by atoms with Crippen LogP contribution < -0.4 is 10.6 Å².